The number of anilines is 1. The molecule has 3 rings (SSSR count). The van der Waals surface area contributed by atoms with E-state index in [0.717, 1.165) is 5.69 Å². The van der Waals surface area contributed by atoms with Gasteiger partial charge in [0.25, 0.3) is 0 Å². The third-order valence-corrected chi connectivity index (χ3v) is 2.99. The van der Waals surface area contributed by atoms with E-state index in [2.05, 4.69) is 20.8 Å². The van der Waals surface area contributed by atoms with Gasteiger partial charge in [-0.2, -0.15) is 0 Å². The Morgan fingerprint density at radius 2 is 1.81 bits per heavy atom. The Labute approximate surface area is 119 Å². The summed E-state index contributed by atoms with van der Waals surface area (Å²) in [5.41, 5.74) is 1.47. The molecule has 0 bridgehead atoms. The molecule has 5 nitrogen and oxygen atoms in total. The number of benzene rings is 2. The lowest BCUT2D eigenvalue weighted by molar-refractivity contribution is 0.560. The Morgan fingerprint density at radius 3 is 2.52 bits per heavy atom. The third-order valence-electron chi connectivity index (χ3n) is 2.99. The van der Waals surface area contributed by atoms with E-state index in [0.29, 0.717) is 5.69 Å². The highest BCUT2D eigenvalue weighted by molar-refractivity contribution is 5.51. The van der Waals surface area contributed by atoms with E-state index in [1.54, 1.807) is 18.2 Å². The van der Waals surface area contributed by atoms with Gasteiger partial charge in [0, 0.05) is 17.8 Å². The van der Waals surface area contributed by atoms with Crippen LogP contribution in [0.5, 0.6) is 0 Å². The van der Waals surface area contributed by atoms with E-state index in [1.807, 2.05) is 6.07 Å². The van der Waals surface area contributed by atoms with Crippen LogP contribution in [0.1, 0.15) is 5.56 Å². The van der Waals surface area contributed by atoms with Crippen molar-refractivity contribution >= 4 is 5.69 Å². The second-order valence-corrected chi connectivity index (χ2v) is 4.36. The van der Waals surface area contributed by atoms with Crippen LogP contribution in [0, 0.1) is 11.6 Å². The van der Waals surface area contributed by atoms with E-state index in [-0.39, 0.29) is 12.1 Å². The first-order chi connectivity index (χ1) is 10.2. The van der Waals surface area contributed by atoms with Crippen molar-refractivity contribution in [3.63, 3.8) is 0 Å². The Bertz CT molecular complexity index is 723. The molecule has 0 amide bonds. The van der Waals surface area contributed by atoms with E-state index < -0.39 is 11.6 Å². The summed E-state index contributed by atoms with van der Waals surface area (Å²) in [7, 11) is 0. The van der Waals surface area contributed by atoms with Crippen LogP contribution >= 0.6 is 0 Å². The molecule has 0 fully saturated rings. The van der Waals surface area contributed by atoms with E-state index >= 15 is 0 Å². The van der Waals surface area contributed by atoms with Crippen LogP contribution in [-0.2, 0) is 6.54 Å². The molecule has 0 unspecified atom stereocenters. The number of hydrogen-bond donors (Lipinski definition) is 1. The third kappa shape index (κ3) is 2.86. The molecule has 0 aliphatic heterocycles. The summed E-state index contributed by atoms with van der Waals surface area (Å²) >= 11 is 0. The first kappa shape index (κ1) is 13.2. The highest BCUT2D eigenvalue weighted by atomic mass is 19.1. The Morgan fingerprint density at radius 1 is 1.05 bits per heavy atom. The van der Waals surface area contributed by atoms with Crippen LogP contribution in [0.25, 0.3) is 5.69 Å². The van der Waals surface area contributed by atoms with Gasteiger partial charge in [-0.1, -0.05) is 12.1 Å². The van der Waals surface area contributed by atoms with Crippen LogP contribution < -0.4 is 5.32 Å². The van der Waals surface area contributed by atoms with E-state index in [1.165, 1.54) is 29.2 Å². The maximum absolute atomic E-state index is 13.5. The molecule has 21 heavy (non-hydrogen) atoms. The van der Waals surface area contributed by atoms with Crippen molar-refractivity contribution in [3.8, 4) is 5.69 Å². The van der Waals surface area contributed by atoms with Crippen LogP contribution in [0.4, 0.5) is 14.5 Å². The minimum absolute atomic E-state index is 0.00493. The van der Waals surface area contributed by atoms with Crippen molar-refractivity contribution in [2.45, 2.75) is 6.54 Å². The van der Waals surface area contributed by atoms with Crippen LogP contribution in [0.3, 0.4) is 0 Å². The van der Waals surface area contributed by atoms with Crippen LogP contribution in [0.2, 0.25) is 0 Å². The SMILES string of the molecule is Fc1cccc(F)c1CNc1cccc(-n2cnnn2)c1. The van der Waals surface area contributed by atoms with Crippen molar-refractivity contribution in [3.05, 3.63) is 66.0 Å². The van der Waals surface area contributed by atoms with Gasteiger partial charge in [0.15, 0.2) is 0 Å². The molecule has 0 radical (unpaired) electrons. The van der Waals surface area contributed by atoms with Crippen molar-refractivity contribution in [1.82, 2.24) is 20.2 Å². The average molecular weight is 287 g/mol. The minimum atomic E-state index is -0.570. The molecular formula is C14H11F2N5. The highest BCUT2D eigenvalue weighted by Crippen LogP contribution is 2.17. The molecule has 0 saturated carbocycles. The van der Waals surface area contributed by atoms with Gasteiger partial charge < -0.3 is 5.32 Å². The number of hydrogen-bond acceptors (Lipinski definition) is 4. The number of halogens is 2. The topological polar surface area (TPSA) is 55.6 Å². The van der Waals surface area contributed by atoms with Crippen LogP contribution in [0.15, 0.2) is 48.8 Å². The maximum atomic E-state index is 13.5. The Balaban J connectivity index is 1.78. The first-order valence-electron chi connectivity index (χ1n) is 6.24. The summed E-state index contributed by atoms with van der Waals surface area (Å²) in [4.78, 5) is 0. The summed E-state index contributed by atoms with van der Waals surface area (Å²) < 4.78 is 28.6. The smallest absolute Gasteiger partial charge is 0.143 e. The summed E-state index contributed by atoms with van der Waals surface area (Å²) in [6.45, 7) is 0.0531. The molecule has 2 aromatic carbocycles. The molecule has 1 heterocycles. The Hall–Kier alpha value is -2.83. The summed E-state index contributed by atoms with van der Waals surface area (Å²) in [5.74, 6) is -1.14. The molecule has 0 saturated heterocycles. The number of tetrazole rings is 1. The minimum Gasteiger partial charge on any atom is -0.381 e. The summed E-state index contributed by atoms with van der Waals surface area (Å²) in [6.07, 6.45) is 1.47. The fourth-order valence-electron chi connectivity index (χ4n) is 1.93. The number of nitrogens with zero attached hydrogens (tertiary/aromatic N) is 4. The van der Waals surface area contributed by atoms with Gasteiger partial charge in [-0.25, -0.2) is 13.5 Å². The molecule has 0 aliphatic rings. The molecule has 0 atom stereocenters. The molecule has 106 valence electrons. The monoisotopic (exact) mass is 287 g/mol. The molecular weight excluding hydrogens is 276 g/mol. The second kappa shape index (κ2) is 5.66. The molecule has 0 spiro atoms. The van der Waals surface area contributed by atoms with Gasteiger partial charge in [-0.05, 0) is 40.8 Å². The van der Waals surface area contributed by atoms with Crippen molar-refractivity contribution in [1.29, 1.82) is 0 Å². The molecule has 1 aromatic heterocycles. The van der Waals surface area contributed by atoms with Crippen molar-refractivity contribution in [2.75, 3.05) is 5.32 Å². The predicted molar refractivity (Wildman–Crippen MR) is 72.8 cm³/mol. The number of rotatable bonds is 4. The fourth-order valence-corrected chi connectivity index (χ4v) is 1.93. The normalized spacial score (nSPS) is 10.6. The van der Waals surface area contributed by atoms with E-state index in [4.69, 9.17) is 0 Å². The Kier molecular flexibility index (Phi) is 3.55. The van der Waals surface area contributed by atoms with Gasteiger partial charge in [0.2, 0.25) is 0 Å². The largest absolute Gasteiger partial charge is 0.381 e. The van der Waals surface area contributed by atoms with Gasteiger partial charge in [-0.15, -0.1) is 5.10 Å². The molecule has 1 N–H and O–H groups in total. The van der Waals surface area contributed by atoms with Crippen molar-refractivity contribution in [2.24, 2.45) is 0 Å². The highest BCUT2D eigenvalue weighted by Gasteiger charge is 2.08. The zero-order valence-corrected chi connectivity index (χ0v) is 10.9. The molecule has 7 heteroatoms. The zero-order chi connectivity index (χ0) is 14.7. The fraction of sp³-hybridized carbons (Fsp3) is 0.0714. The standard InChI is InChI=1S/C14H11F2N5/c15-13-5-2-6-14(16)12(13)8-17-10-3-1-4-11(7-10)21-9-18-19-20-21/h1-7,9,17H,8H2. The average Bonchev–Trinajstić information content (AvgIpc) is 3.01. The quantitative estimate of drug-likeness (QED) is 0.801. The lowest BCUT2D eigenvalue weighted by Crippen LogP contribution is -2.05. The van der Waals surface area contributed by atoms with Gasteiger partial charge in [-0.3, -0.25) is 0 Å². The summed E-state index contributed by atoms with van der Waals surface area (Å²) in [5, 5.41) is 13.9. The number of nitrogens with one attached hydrogen (secondary N) is 1. The van der Waals surface area contributed by atoms with Gasteiger partial charge in [0.1, 0.15) is 18.0 Å². The van der Waals surface area contributed by atoms with Crippen LogP contribution in [-0.4, -0.2) is 20.2 Å². The predicted octanol–water partition coefficient (Wildman–Crippen LogP) is 2.55. The molecule has 3 aromatic rings. The van der Waals surface area contributed by atoms with E-state index in [9.17, 15) is 8.78 Å². The lowest BCUT2D eigenvalue weighted by atomic mass is 10.2. The van der Waals surface area contributed by atoms with Gasteiger partial charge in [0.05, 0.1) is 5.69 Å². The maximum Gasteiger partial charge on any atom is 0.143 e. The van der Waals surface area contributed by atoms with Crippen molar-refractivity contribution < 1.29 is 8.78 Å². The molecule has 0 aliphatic carbocycles. The zero-order valence-electron chi connectivity index (χ0n) is 10.9. The van der Waals surface area contributed by atoms with Gasteiger partial charge >= 0.3 is 0 Å². The number of aromatic nitrogens is 4. The summed E-state index contributed by atoms with van der Waals surface area (Å²) in [6, 6.07) is 11.0. The first-order valence-corrected chi connectivity index (χ1v) is 6.24. The second-order valence-electron chi connectivity index (χ2n) is 4.36. The lowest BCUT2D eigenvalue weighted by Gasteiger charge is -2.09.